The van der Waals surface area contributed by atoms with E-state index in [4.69, 9.17) is 4.74 Å². The van der Waals surface area contributed by atoms with Gasteiger partial charge in [-0.3, -0.25) is 0 Å². The van der Waals surface area contributed by atoms with Crippen LogP contribution in [0.5, 0.6) is 0 Å². The second kappa shape index (κ2) is 7.27. The molecule has 98 valence electrons. The van der Waals surface area contributed by atoms with Crippen molar-refractivity contribution < 1.29 is 9.53 Å². The number of rotatable bonds is 6. The largest absolute Gasteiger partial charge is 0.463 e. The average Bonchev–Trinajstić information content (AvgIpc) is 2.36. The molecule has 0 spiro atoms. The molecule has 18 heavy (non-hydrogen) atoms. The molecule has 0 fully saturated rings. The Morgan fingerprint density at radius 3 is 2.44 bits per heavy atom. The van der Waals surface area contributed by atoms with Crippen LogP contribution in [0.3, 0.4) is 0 Å². The molecule has 0 saturated carbocycles. The maximum absolute atomic E-state index is 11.4. The molecule has 0 heterocycles. The van der Waals surface area contributed by atoms with Crippen LogP contribution < -0.4 is 0 Å². The van der Waals surface area contributed by atoms with E-state index in [1.165, 1.54) is 5.56 Å². The number of esters is 1. The van der Waals surface area contributed by atoms with Crippen LogP contribution in [0, 0.1) is 0 Å². The van der Waals surface area contributed by atoms with Crippen LogP contribution in [0.2, 0.25) is 0 Å². The molecule has 0 aromatic heterocycles. The molecule has 0 saturated heterocycles. The van der Waals surface area contributed by atoms with Gasteiger partial charge in [-0.15, -0.1) is 11.8 Å². The number of hydrogen-bond donors (Lipinski definition) is 0. The number of ether oxygens (including phenoxy) is 1. The minimum absolute atomic E-state index is 0.302. The molecule has 0 aliphatic rings. The van der Waals surface area contributed by atoms with Crippen molar-refractivity contribution in [3.8, 4) is 0 Å². The normalized spacial score (nSPS) is 10.4. The maximum atomic E-state index is 11.4. The van der Waals surface area contributed by atoms with Gasteiger partial charge in [0.25, 0.3) is 0 Å². The first-order chi connectivity index (χ1) is 8.54. The van der Waals surface area contributed by atoms with Crippen LogP contribution in [0.25, 0.3) is 0 Å². The molecule has 0 aliphatic carbocycles. The van der Waals surface area contributed by atoms with Crippen molar-refractivity contribution in [3.63, 3.8) is 0 Å². The highest BCUT2D eigenvalue weighted by Crippen LogP contribution is 2.23. The summed E-state index contributed by atoms with van der Waals surface area (Å²) in [6.45, 7) is 10.3. The summed E-state index contributed by atoms with van der Waals surface area (Å²) in [5.74, 6) is 0.808. The van der Waals surface area contributed by atoms with Crippen molar-refractivity contribution in [2.24, 2.45) is 0 Å². The van der Waals surface area contributed by atoms with Crippen LogP contribution in [0.1, 0.15) is 32.3 Å². The van der Waals surface area contributed by atoms with Gasteiger partial charge in [-0.25, -0.2) is 4.79 Å². The predicted octanol–water partition coefficient (Wildman–Crippen LogP) is 4.02. The number of carbonyl (C=O) groups excluding carboxylic acids is 1. The van der Waals surface area contributed by atoms with Gasteiger partial charge in [0.1, 0.15) is 0 Å². The lowest BCUT2D eigenvalue weighted by Gasteiger charge is -2.07. The van der Waals surface area contributed by atoms with Crippen LogP contribution in [-0.2, 0) is 9.53 Å². The second-order valence-corrected chi connectivity index (χ2v) is 5.39. The second-order valence-electron chi connectivity index (χ2n) is 4.34. The van der Waals surface area contributed by atoms with Crippen LogP contribution in [0.15, 0.2) is 41.3 Å². The molecule has 0 atom stereocenters. The molecular weight excluding hydrogens is 244 g/mol. The zero-order valence-corrected chi connectivity index (χ0v) is 12.0. The quantitative estimate of drug-likeness (QED) is 0.441. The molecule has 1 aromatic carbocycles. The highest BCUT2D eigenvalue weighted by Gasteiger charge is 2.08. The Hall–Kier alpha value is -1.22. The van der Waals surface area contributed by atoms with E-state index in [1.54, 1.807) is 18.7 Å². The SMILES string of the molecule is C=C(CSc1ccc(C(C)C)cc1)C(=O)OCC. The van der Waals surface area contributed by atoms with Crippen molar-refractivity contribution >= 4 is 17.7 Å². The third-order valence-corrected chi connectivity index (χ3v) is 3.62. The first-order valence-electron chi connectivity index (χ1n) is 6.12. The fraction of sp³-hybridized carbons (Fsp3) is 0.400. The van der Waals surface area contributed by atoms with Crippen molar-refractivity contribution in [2.45, 2.75) is 31.6 Å². The maximum Gasteiger partial charge on any atom is 0.334 e. The monoisotopic (exact) mass is 264 g/mol. The number of benzene rings is 1. The fourth-order valence-electron chi connectivity index (χ4n) is 1.41. The van der Waals surface area contributed by atoms with Gasteiger partial charge in [0.05, 0.1) is 6.61 Å². The average molecular weight is 264 g/mol. The van der Waals surface area contributed by atoms with E-state index in [1.807, 2.05) is 0 Å². The fourth-order valence-corrected chi connectivity index (χ4v) is 2.20. The van der Waals surface area contributed by atoms with Gasteiger partial charge in [0, 0.05) is 16.2 Å². The van der Waals surface area contributed by atoms with E-state index in [2.05, 4.69) is 44.7 Å². The topological polar surface area (TPSA) is 26.3 Å². The van der Waals surface area contributed by atoms with Crippen LogP contribution in [0.4, 0.5) is 0 Å². The van der Waals surface area contributed by atoms with Gasteiger partial charge in [0.2, 0.25) is 0 Å². The summed E-state index contributed by atoms with van der Waals surface area (Å²) in [5.41, 5.74) is 1.83. The molecule has 1 aromatic rings. The molecule has 0 unspecified atom stereocenters. The van der Waals surface area contributed by atoms with Crippen molar-refractivity contribution in [1.29, 1.82) is 0 Å². The molecule has 0 amide bonds. The molecule has 3 heteroatoms. The summed E-state index contributed by atoms with van der Waals surface area (Å²) in [7, 11) is 0. The third kappa shape index (κ3) is 4.57. The minimum Gasteiger partial charge on any atom is -0.463 e. The molecule has 0 aliphatic heterocycles. The Kier molecular flexibility index (Phi) is 5.99. The highest BCUT2D eigenvalue weighted by atomic mass is 32.2. The Balaban J connectivity index is 2.48. The van der Waals surface area contributed by atoms with E-state index in [0.29, 0.717) is 23.9 Å². The van der Waals surface area contributed by atoms with Crippen molar-refractivity contribution in [1.82, 2.24) is 0 Å². The lowest BCUT2D eigenvalue weighted by Crippen LogP contribution is -2.08. The van der Waals surface area contributed by atoms with Gasteiger partial charge in [-0.05, 0) is 30.5 Å². The summed E-state index contributed by atoms with van der Waals surface area (Å²) in [6.07, 6.45) is 0. The van der Waals surface area contributed by atoms with E-state index in [0.717, 1.165) is 4.90 Å². The molecule has 0 bridgehead atoms. The predicted molar refractivity (Wildman–Crippen MR) is 77.0 cm³/mol. The van der Waals surface area contributed by atoms with Crippen molar-refractivity contribution in [3.05, 3.63) is 42.0 Å². The number of carbonyl (C=O) groups is 1. The van der Waals surface area contributed by atoms with Crippen LogP contribution >= 0.6 is 11.8 Å². The minimum atomic E-state index is -0.302. The highest BCUT2D eigenvalue weighted by molar-refractivity contribution is 7.99. The van der Waals surface area contributed by atoms with Crippen LogP contribution in [-0.4, -0.2) is 18.3 Å². The molecule has 0 N–H and O–H groups in total. The van der Waals surface area contributed by atoms with E-state index < -0.39 is 0 Å². The first-order valence-corrected chi connectivity index (χ1v) is 7.10. The summed E-state index contributed by atoms with van der Waals surface area (Å²) in [4.78, 5) is 12.5. The Bertz CT molecular complexity index is 407. The number of thioether (sulfide) groups is 1. The van der Waals surface area contributed by atoms with Crippen molar-refractivity contribution in [2.75, 3.05) is 12.4 Å². The van der Waals surface area contributed by atoms with E-state index in [-0.39, 0.29) is 5.97 Å². The Morgan fingerprint density at radius 2 is 1.94 bits per heavy atom. The standard InChI is InChI=1S/C15H20O2S/c1-5-17-15(16)12(4)10-18-14-8-6-13(7-9-14)11(2)3/h6-9,11H,4-5,10H2,1-3H3. The summed E-state index contributed by atoms with van der Waals surface area (Å²) in [6, 6.07) is 8.41. The van der Waals surface area contributed by atoms with Gasteiger partial charge >= 0.3 is 5.97 Å². The Labute approximate surface area is 113 Å². The van der Waals surface area contributed by atoms with E-state index in [9.17, 15) is 4.79 Å². The lowest BCUT2D eigenvalue weighted by molar-refractivity contribution is -0.138. The zero-order valence-electron chi connectivity index (χ0n) is 11.2. The zero-order chi connectivity index (χ0) is 13.5. The molecule has 1 rings (SSSR count). The number of hydrogen-bond acceptors (Lipinski definition) is 3. The third-order valence-electron chi connectivity index (χ3n) is 2.52. The van der Waals surface area contributed by atoms with Gasteiger partial charge in [0.15, 0.2) is 0 Å². The van der Waals surface area contributed by atoms with E-state index >= 15 is 0 Å². The molecule has 2 nitrogen and oxygen atoms in total. The molecule has 0 radical (unpaired) electrons. The first kappa shape index (κ1) is 14.8. The smallest absolute Gasteiger partial charge is 0.334 e. The van der Waals surface area contributed by atoms with Gasteiger partial charge in [-0.1, -0.05) is 32.6 Å². The van der Waals surface area contributed by atoms with Gasteiger partial charge < -0.3 is 4.74 Å². The lowest BCUT2D eigenvalue weighted by atomic mass is 10.0. The Morgan fingerprint density at radius 1 is 1.33 bits per heavy atom. The summed E-state index contributed by atoms with van der Waals surface area (Å²) < 4.78 is 4.89. The summed E-state index contributed by atoms with van der Waals surface area (Å²) >= 11 is 1.60. The van der Waals surface area contributed by atoms with Gasteiger partial charge in [-0.2, -0.15) is 0 Å². The summed E-state index contributed by atoms with van der Waals surface area (Å²) in [5, 5.41) is 0. The molecular formula is C15H20O2S.